The Balaban J connectivity index is 2.31. The first-order valence-electron chi connectivity index (χ1n) is 5.72. The normalized spacial score (nSPS) is 17.4. The Morgan fingerprint density at radius 3 is 2.67 bits per heavy atom. The second-order valence-corrected chi connectivity index (χ2v) is 4.38. The number of rotatable bonds is 3. The minimum absolute atomic E-state index is 0.210. The molecule has 0 atom stereocenters. The summed E-state index contributed by atoms with van der Waals surface area (Å²) in [4.78, 5) is 13.5. The van der Waals surface area contributed by atoms with Crippen molar-refractivity contribution in [3.05, 3.63) is 41.3 Å². The van der Waals surface area contributed by atoms with E-state index in [1.807, 2.05) is 6.92 Å². The van der Waals surface area contributed by atoms with E-state index >= 15 is 0 Å². The SMILES string of the molecule is CCCN1C(=S)NC(=O)/C1=C\c1ccc(F)cc1. The Morgan fingerprint density at radius 2 is 2.06 bits per heavy atom. The number of benzene rings is 1. The second-order valence-electron chi connectivity index (χ2n) is 3.99. The average molecular weight is 264 g/mol. The van der Waals surface area contributed by atoms with Gasteiger partial charge in [-0.1, -0.05) is 19.1 Å². The molecule has 3 nitrogen and oxygen atoms in total. The molecular weight excluding hydrogens is 251 g/mol. The molecule has 1 fully saturated rings. The number of hydrogen-bond donors (Lipinski definition) is 1. The lowest BCUT2D eigenvalue weighted by Crippen LogP contribution is -2.27. The molecule has 1 aromatic rings. The van der Waals surface area contributed by atoms with Crippen LogP contribution in [0, 0.1) is 5.82 Å². The topological polar surface area (TPSA) is 32.3 Å². The van der Waals surface area contributed by atoms with E-state index in [-0.39, 0.29) is 11.7 Å². The van der Waals surface area contributed by atoms with Crippen molar-refractivity contribution >= 4 is 29.3 Å². The second kappa shape index (κ2) is 5.27. The molecule has 0 radical (unpaired) electrons. The summed E-state index contributed by atoms with van der Waals surface area (Å²) in [6.45, 7) is 2.70. The predicted molar refractivity (Wildman–Crippen MR) is 72.1 cm³/mol. The van der Waals surface area contributed by atoms with Crippen LogP contribution in [0.25, 0.3) is 6.08 Å². The number of halogens is 1. The van der Waals surface area contributed by atoms with Crippen LogP contribution < -0.4 is 5.32 Å². The summed E-state index contributed by atoms with van der Waals surface area (Å²) in [5, 5.41) is 3.04. The van der Waals surface area contributed by atoms with Crippen LogP contribution in [-0.2, 0) is 4.79 Å². The van der Waals surface area contributed by atoms with E-state index < -0.39 is 0 Å². The highest BCUT2D eigenvalue weighted by Gasteiger charge is 2.28. The van der Waals surface area contributed by atoms with Gasteiger partial charge in [0.25, 0.3) is 5.91 Å². The molecule has 18 heavy (non-hydrogen) atoms. The van der Waals surface area contributed by atoms with E-state index in [0.717, 1.165) is 12.0 Å². The van der Waals surface area contributed by atoms with Crippen molar-refractivity contribution in [2.45, 2.75) is 13.3 Å². The smallest absolute Gasteiger partial charge is 0.274 e. The minimum atomic E-state index is -0.297. The van der Waals surface area contributed by atoms with E-state index in [2.05, 4.69) is 5.32 Å². The third-order valence-corrected chi connectivity index (χ3v) is 2.93. The Hall–Kier alpha value is -1.75. The molecule has 5 heteroatoms. The van der Waals surface area contributed by atoms with Crippen LogP contribution in [-0.4, -0.2) is 22.5 Å². The molecule has 0 unspecified atom stereocenters. The van der Waals surface area contributed by atoms with Gasteiger partial charge >= 0.3 is 0 Å². The molecule has 2 rings (SSSR count). The number of thiocarbonyl (C=S) groups is 1. The number of carbonyl (C=O) groups excluding carboxylic acids is 1. The predicted octanol–water partition coefficient (Wildman–Crippen LogP) is 2.29. The van der Waals surface area contributed by atoms with E-state index in [1.165, 1.54) is 12.1 Å². The third-order valence-electron chi connectivity index (χ3n) is 2.61. The molecule has 0 aliphatic carbocycles. The number of amides is 1. The van der Waals surface area contributed by atoms with E-state index in [4.69, 9.17) is 12.2 Å². The molecule has 0 saturated carbocycles. The van der Waals surface area contributed by atoms with Gasteiger partial charge in [0.2, 0.25) is 0 Å². The lowest BCUT2D eigenvalue weighted by molar-refractivity contribution is -0.115. The first-order valence-corrected chi connectivity index (χ1v) is 6.12. The molecule has 0 aromatic heterocycles. The molecule has 1 saturated heterocycles. The average Bonchev–Trinajstić information content (AvgIpc) is 2.59. The van der Waals surface area contributed by atoms with Gasteiger partial charge in [-0.05, 0) is 42.4 Å². The summed E-state index contributed by atoms with van der Waals surface area (Å²) in [6.07, 6.45) is 2.60. The molecule has 1 aliphatic rings. The van der Waals surface area contributed by atoms with Crippen molar-refractivity contribution in [1.82, 2.24) is 10.2 Å². The molecule has 1 N–H and O–H groups in total. The van der Waals surface area contributed by atoms with Gasteiger partial charge in [-0.15, -0.1) is 0 Å². The first kappa shape index (κ1) is 12.7. The Kier molecular flexibility index (Phi) is 3.72. The van der Waals surface area contributed by atoms with Crippen molar-refractivity contribution in [2.75, 3.05) is 6.54 Å². The number of nitrogens with zero attached hydrogens (tertiary/aromatic N) is 1. The number of carbonyl (C=O) groups is 1. The van der Waals surface area contributed by atoms with Crippen molar-refractivity contribution in [3.8, 4) is 0 Å². The maximum absolute atomic E-state index is 12.8. The lowest BCUT2D eigenvalue weighted by Gasteiger charge is -2.15. The first-order chi connectivity index (χ1) is 8.61. The van der Waals surface area contributed by atoms with Crippen molar-refractivity contribution in [2.24, 2.45) is 0 Å². The molecule has 1 aromatic carbocycles. The van der Waals surface area contributed by atoms with E-state index in [0.29, 0.717) is 17.4 Å². The van der Waals surface area contributed by atoms with Crippen LogP contribution in [0.1, 0.15) is 18.9 Å². The Bertz CT molecular complexity index is 510. The van der Waals surface area contributed by atoms with Crippen LogP contribution in [0.4, 0.5) is 4.39 Å². The fourth-order valence-electron chi connectivity index (χ4n) is 1.77. The lowest BCUT2D eigenvalue weighted by atomic mass is 10.2. The standard InChI is InChI=1S/C13H13FN2OS/c1-2-7-16-11(12(17)15-13(16)18)8-9-3-5-10(14)6-4-9/h3-6,8H,2,7H2,1H3,(H,15,17,18)/b11-8+. The Morgan fingerprint density at radius 1 is 1.39 bits per heavy atom. The molecule has 94 valence electrons. The van der Waals surface area contributed by atoms with Crippen molar-refractivity contribution in [1.29, 1.82) is 0 Å². The fraction of sp³-hybridized carbons (Fsp3) is 0.231. The van der Waals surface area contributed by atoms with Gasteiger partial charge in [0, 0.05) is 6.54 Å². The van der Waals surface area contributed by atoms with Crippen LogP contribution in [0.3, 0.4) is 0 Å². The van der Waals surface area contributed by atoms with Crippen LogP contribution in [0.2, 0.25) is 0 Å². The van der Waals surface area contributed by atoms with Gasteiger partial charge in [-0.3, -0.25) is 10.1 Å². The molecule has 1 heterocycles. The third kappa shape index (κ3) is 2.56. The van der Waals surface area contributed by atoms with Crippen LogP contribution in [0.15, 0.2) is 30.0 Å². The van der Waals surface area contributed by atoms with E-state index in [1.54, 1.807) is 23.1 Å². The molecule has 1 aliphatic heterocycles. The zero-order chi connectivity index (χ0) is 13.1. The van der Waals surface area contributed by atoms with Crippen molar-refractivity contribution < 1.29 is 9.18 Å². The summed E-state index contributed by atoms with van der Waals surface area (Å²) in [5.74, 6) is -0.508. The van der Waals surface area contributed by atoms with Gasteiger partial charge in [-0.25, -0.2) is 4.39 Å². The summed E-state index contributed by atoms with van der Waals surface area (Å²) >= 11 is 5.09. The summed E-state index contributed by atoms with van der Waals surface area (Å²) in [5.41, 5.74) is 1.28. The highest BCUT2D eigenvalue weighted by Crippen LogP contribution is 2.17. The van der Waals surface area contributed by atoms with Gasteiger partial charge < -0.3 is 4.90 Å². The highest BCUT2D eigenvalue weighted by atomic mass is 32.1. The zero-order valence-electron chi connectivity index (χ0n) is 9.94. The fourth-order valence-corrected chi connectivity index (χ4v) is 2.05. The number of hydrogen-bond acceptors (Lipinski definition) is 2. The quantitative estimate of drug-likeness (QED) is 0.671. The largest absolute Gasteiger partial charge is 0.314 e. The summed E-state index contributed by atoms with van der Waals surface area (Å²) in [6, 6.07) is 5.98. The number of nitrogens with one attached hydrogen (secondary N) is 1. The summed E-state index contributed by atoms with van der Waals surface area (Å²) in [7, 11) is 0. The minimum Gasteiger partial charge on any atom is -0.314 e. The summed E-state index contributed by atoms with van der Waals surface area (Å²) < 4.78 is 12.8. The van der Waals surface area contributed by atoms with Crippen LogP contribution >= 0.6 is 12.2 Å². The van der Waals surface area contributed by atoms with Gasteiger partial charge in [0.15, 0.2) is 5.11 Å². The molecular formula is C13H13FN2OS. The molecule has 1 amide bonds. The highest BCUT2D eigenvalue weighted by molar-refractivity contribution is 7.80. The maximum atomic E-state index is 12.8. The molecule has 0 spiro atoms. The molecule has 0 bridgehead atoms. The van der Waals surface area contributed by atoms with Gasteiger partial charge in [0.1, 0.15) is 11.5 Å². The van der Waals surface area contributed by atoms with Gasteiger partial charge in [0.05, 0.1) is 0 Å². The maximum Gasteiger partial charge on any atom is 0.274 e. The Labute approximate surface area is 110 Å². The van der Waals surface area contributed by atoms with E-state index in [9.17, 15) is 9.18 Å². The monoisotopic (exact) mass is 264 g/mol. The zero-order valence-corrected chi connectivity index (χ0v) is 10.8. The van der Waals surface area contributed by atoms with Crippen LogP contribution in [0.5, 0.6) is 0 Å². The van der Waals surface area contributed by atoms with Crippen molar-refractivity contribution in [3.63, 3.8) is 0 Å². The van der Waals surface area contributed by atoms with Gasteiger partial charge in [-0.2, -0.15) is 0 Å².